The molecule has 1 aromatic heterocycles. The fourth-order valence-corrected chi connectivity index (χ4v) is 2.63. The molecule has 0 spiro atoms. The fraction of sp³-hybridized carbons (Fsp3) is 0.474. The summed E-state index contributed by atoms with van der Waals surface area (Å²) in [5.41, 5.74) is 0.324. The molecular weight excluding hydrogens is 322 g/mol. The Balaban J connectivity index is 2.84. The molecule has 6 nitrogen and oxygen atoms in total. The minimum absolute atomic E-state index is 0.0602. The lowest BCUT2D eigenvalue weighted by atomic mass is 10.1. The van der Waals surface area contributed by atoms with E-state index in [1.54, 1.807) is 23.8 Å². The number of carbonyl (C=O) groups is 1. The molecule has 1 heterocycles. The first kappa shape index (κ1) is 18.8. The van der Waals surface area contributed by atoms with Gasteiger partial charge < -0.3 is 18.8 Å². The van der Waals surface area contributed by atoms with Gasteiger partial charge in [-0.1, -0.05) is 13.3 Å². The molecule has 0 unspecified atom stereocenters. The SMILES string of the molecule is CCCCn1c(=O)c(OC(C)=O)c(OC(C)C)c2ccc(OC)cc21. The van der Waals surface area contributed by atoms with Crippen LogP contribution in [0.2, 0.25) is 0 Å². The van der Waals surface area contributed by atoms with E-state index in [0.717, 1.165) is 12.8 Å². The van der Waals surface area contributed by atoms with Crippen molar-refractivity contribution in [1.82, 2.24) is 4.57 Å². The molecule has 0 aliphatic rings. The Morgan fingerprint density at radius 3 is 2.52 bits per heavy atom. The van der Waals surface area contributed by atoms with Gasteiger partial charge in [-0.3, -0.25) is 9.59 Å². The van der Waals surface area contributed by atoms with Crippen molar-refractivity contribution in [2.24, 2.45) is 0 Å². The van der Waals surface area contributed by atoms with Crippen LogP contribution in [-0.4, -0.2) is 23.8 Å². The van der Waals surface area contributed by atoms with Gasteiger partial charge in [0.15, 0.2) is 5.75 Å². The zero-order chi connectivity index (χ0) is 18.6. The van der Waals surface area contributed by atoms with E-state index in [2.05, 4.69) is 6.92 Å². The zero-order valence-corrected chi connectivity index (χ0v) is 15.4. The maximum absolute atomic E-state index is 13.0. The molecule has 2 aromatic rings. The molecule has 0 saturated heterocycles. The van der Waals surface area contributed by atoms with Gasteiger partial charge in [0.2, 0.25) is 5.75 Å². The summed E-state index contributed by atoms with van der Waals surface area (Å²) in [6.45, 7) is 7.56. The van der Waals surface area contributed by atoms with Crippen molar-refractivity contribution in [2.45, 2.75) is 53.2 Å². The Morgan fingerprint density at radius 2 is 1.96 bits per heavy atom. The fourth-order valence-electron chi connectivity index (χ4n) is 2.63. The summed E-state index contributed by atoms with van der Waals surface area (Å²) in [5.74, 6) is 0.323. The number of aromatic nitrogens is 1. The number of hydrogen-bond acceptors (Lipinski definition) is 5. The standard InChI is InChI=1S/C19H25NO5/c1-6-7-10-20-16-11-14(23-5)8-9-15(16)17(24-12(2)3)18(19(20)22)25-13(4)21/h8-9,11-12H,6-7,10H2,1-5H3. The van der Waals surface area contributed by atoms with Gasteiger partial charge in [-0.05, 0) is 32.4 Å². The van der Waals surface area contributed by atoms with E-state index in [9.17, 15) is 9.59 Å². The minimum atomic E-state index is -0.555. The molecule has 0 radical (unpaired) electrons. The molecule has 0 N–H and O–H groups in total. The number of rotatable bonds is 7. The second-order valence-corrected chi connectivity index (χ2v) is 6.11. The monoisotopic (exact) mass is 347 g/mol. The molecule has 0 saturated carbocycles. The van der Waals surface area contributed by atoms with Gasteiger partial charge in [-0.15, -0.1) is 0 Å². The Bertz CT molecular complexity index is 823. The van der Waals surface area contributed by atoms with Crippen LogP contribution < -0.4 is 19.8 Å². The second-order valence-electron chi connectivity index (χ2n) is 6.11. The van der Waals surface area contributed by atoms with Gasteiger partial charge in [-0.25, -0.2) is 0 Å². The van der Waals surface area contributed by atoms with E-state index in [1.807, 2.05) is 19.9 Å². The lowest BCUT2D eigenvalue weighted by Gasteiger charge is -2.19. The zero-order valence-electron chi connectivity index (χ0n) is 15.4. The van der Waals surface area contributed by atoms with Crippen molar-refractivity contribution in [3.63, 3.8) is 0 Å². The number of aryl methyl sites for hydroxylation is 1. The quantitative estimate of drug-likeness (QED) is 0.717. The van der Waals surface area contributed by atoms with Crippen LogP contribution in [0.1, 0.15) is 40.5 Å². The number of nitrogens with zero attached hydrogens (tertiary/aromatic N) is 1. The van der Waals surface area contributed by atoms with Gasteiger partial charge in [-0.2, -0.15) is 0 Å². The number of unbranched alkanes of at least 4 members (excludes halogenated alkanes) is 1. The number of ether oxygens (including phenoxy) is 3. The third kappa shape index (κ3) is 4.13. The highest BCUT2D eigenvalue weighted by molar-refractivity contribution is 5.90. The molecule has 0 fully saturated rings. The number of fused-ring (bicyclic) bond motifs is 1. The van der Waals surface area contributed by atoms with Crippen molar-refractivity contribution in [3.8, 4) is 17.2 Å². The second kappa shape index (κ2) is 8.05. The summed E-state index contributed by atoms with van der Waals surface area (Å²) in [6.07, 6.45) is 1.59. The predicted octanol–water partition coefficient (Wildman–Crippen LogP) is 3.52. The van der Waals surface area contributed by atoms with Crippen LogP contribution in [0.4, 0.5) is 0 Å². The normalized spacial score (nSPS) is 11.0. The molecule has 0 amide bonds. The lowest BCUT2D eigenvalue weighted by Crippen LogP contribution is -2.25. The van der Waals surface area contributed by atoms with E-state index in [4.69, 9.17) is 14.2 Å². The van der Waals surface area contributed by atoms with Crippen molar-refractivity contribution in [2.75, 3.05) is 7.11 Å². The van der Waals surface area contributed by atoms with Crippen LogP contribution >= 0.6 is 0 Å². The molecular formula is C19H25NO5. The summed E-state index contributed by atoms with van der Waals surface area (Å²) in [5, 5.41) is 0.710. The van der Waals surface area contributed by atoms with Crippen LogP contribution in [0, 0.1) is 0 Å². The smallest absolute Gasteiger partial charge is 0.308 e. The summed E-state index contributed by atoms with van der Waals surface area (Å²) < 4.78 is 18.0. The summed E-state index contributed by atoms with van der Waals surface area (Å²) in [7, 11) is 1.58. The third-order valence-corrected chi connectivity index (χ3v) is 3.72. The Kier molecular flexibility index (Phi) is 6.07. The van der Waals surface area contributed by atoms with Crippen molar-refractivity contribution < 1.29 is 19.0 Å². The first-order valence-corrected chi connectivity index (χ1v) is 8.48. The number of methoxy groups -OCH3 is 1. The van der Waals surface area contributed by atoms with Gasteiger partial charge in [0.25, 0.3) is 5.56 Å². The van der Waals surface area contributed by atoms with E-state index in [0.29, 0.717) is 28.9 Å². The average Bonchev–Trinajstić information content (AvgIpc) is 2.56. The summed E-state index contributed by atoms with van der Waals surface area (Å²) in [6, 6.07) is 5.42. The number of pyridine rings is 1. The molecule has 6 heteroatoms. The van der Waals surface area contributed by atoms with E-state index in [1.165, 1.54) is 6.92 Å². The molecule has 136 valence electrons. The molecule has 0 bridgehead atoms. The number of carbonyl (C=O) groups excluding carboxylic acids is 1. The largest absolute Gasteiger partial charge is 0.497 e. The maximum atomic E-state index is 13.0. The van der Waals surface area contributed by atoms with Gasteiger partial charge in [0.05, 0.1) is 18.7 Å². The topological polar surface area (TPSA) is 66.8 Å². The third-order valence-electron chi connectivity index (χ3n) is 3.72. The highest BCUT2D eigenvalue weighted by Crippen LogP contribution is 2.35. The van der Waals surface area contributed by atoms with Crippen molar-refractivity contribution in [3.05, 3.63) is 28.6 Å². The highest BCUT2D eigenvalue weighted by Gasteiger charge is 2.22. The summed E-state index contributed by atoms with van der Waals surface area (Å²) in [4.78, 5) is 24.5. The van der Waals surface area contributed by atoms with Gasteiger partial charge >= 0.3 is 5.97 Å². The Labute approximate surface area is 147 Å². The maximum Gasteiger partial charge on any atom is 0.308 e. The Morgan fingerprint density at radius 1 is 1.24 bits per heavy atom. The first-order valence-electron chi connectivity index (χ1n) is 8.48. The van der Waals surface area contributed by atoms with Crippen LogP contribution in [0.25, 0.3) is 10.9 Å². The van der Waals surface area contributed by atoms with Crippen molar-refractivity contribution in [1.29, 1.82) is 0 Å². The van der Waals surface area contributed by atoms with E-state index < -0.39 is 5.97 Å². The molecule has 0 aliphatic carbocycles. The number of hydrogen-bond donors (Lipinski definition) is 0. The minimum Gasteiger partial charge on any atom is -0.497 e. The summed E-state index contributed by atoms with van der Waals surface area (Å²) >= 11 is 0. The van der Waals surface area contributed by atoms with Gasteiger partial charge in [0, 0.05) is 24.9 Å². The predicted molar refractivity (Wildman–Crippen MR) is 96.7 cm³/mol. The lowest BCUT2D eigenvalue weighted by molar-refractivity contribution is -0.132. The Hall–Kier alpha value is -2.50. The van der Waals surface area contributed by atoms with E-state index in [-0.39, 0.29) is 17.4 Å². The van der Waals surface area contributed by atoms with Gasteiger partial charge in [0.1, 0.15) is 5.75 Å². The molecule has 2 rings (SSSR count). The number of esters is 1. The first-order chi connectivity index (χ1) is 11.9. The van der Waals surface area contributed by atoms with Crippen LogP contribution in [-0.2, 0) is 11.3 Å². The van der Waals surface area contributed by atoms with Crippen molar-refractivity contribution >= 4 is 16.9 Å². The highest BCUT2D eigenvalue weighted by atomic mass is 16.6. The molecule has 0 aliphatic heterocycles. The van der Waals surface area contributed by atoms with E-state index >= 15 is 0 Å². The molecule has 0 atom stereocenters. The van der Waals surface area contributed by atoms with Crippen LogP contribution in [0.15, 0.2) is 23.0 Å². The number of benzene rings is 1. The van der Waals surface area contributed by atoms with Crippen LogP contribution in [0.5, 0.6) is 17.2 Å². The average molecular weight is 347 g/mol. The molecule has 25 heavy (non-hydrogen) atoms. The van der Waals surface area contributed by atoms with Crippen LogP contribution in [0.3, 0.4) is 0 Å². The molecule has 1 aromatic carbocycles.